The Kier molecular flexibility index (Phi) is 14.8. The number of aromatic amines is 1. The maximum absolute atomic E-state index is 17.1. The molecule has 19 heteroatoms. The Bertz CT molecular complexity index is 2820. The molecule has 0 fully saturated rings. The average Bonchev–Trinajstić information content (AvgIpc) is 3.30. The van der Waals surface area contributed by atoms with E-state index in [4.69, 9.17) is 42.1 Å². The molecule has 1 atom stereocenters. The predicted octanol–water partition coefficient (Wildman–Crippen LogP) is 10.1. The monoisotopic (exact) mass is 946 g/mol. The van der Waals surface area contributed by atoms with Gasteiger partial charge in [-0.1, -0.05) is 48.0 Å². The SMILES string of the molecule is COc1ccc(CNc2nccnc2[C@H](C)NCCOc2c(Cl)c(-c3nc(N(Cc4ccc(OC)cc4)Cc4ccc(OC)cc4)cc(C)c3C(F)(F)F)c(F)c3nc(Cl)[nH]c(=O)c23)cc1. The molecule has 0 radical (unpaired) electrons. The number of hydrogen-bond donors (Lipinski definition) is 3. The third-order valence-electron chi connectivity index (χ3n) is 10.6. The summed E-state index contributed by atoms with van der Waals surface area (Å²) in [6, 6.07) is 22.7. The van der Waals surface area contributed by atoms with Crippen LogP contribution in [-0.4, -0.2) is 59.4 Å². The van der Waals surface area contributed by atoms with E-state index in [9.17, 15) is 4.79 Å². The molecular formula is C47H44Cl2F4N8O5. The quantitative estimate of drug-likeness (QED) is 0.0427. The molecule has 0 aliphatic heterocycles. The number of methoxy groups -OCH3 is 3. The first kappa shape index (κ1) is 47.3. The molecule has 66 heavy (non-hydrogen) atoms. The van der Waals surface area contributed by atoms with Crippen LogP contribution in [0.3, 0.4) is 0 Å². The smallest absolute Gasteiger partial charge is 0.418 e. The molecule has 7 rings (SSSR count). The zero-order valence-corrected chi connectivity index (χ0v) is 37.8. The second kappa shape index (κ2) is 20.6. The van der Waals surface area contributed by atoms with E-state index in [2.05, 4.69) is 35.6 Å². The minimum atomic E-state index is -5.05. The van der Waals surface area contributed by atoms with E-state index in [1.165, 1.54) is 27.2 Å². The lowest BCUT2D eigenvalue weighted by atomic mass is 9.98. The molecule has 0 bridgehead atoms. The molecule has 13 nitrogen and oxygen atoms in total. The number of hydrogen-bond acceptors (Lipinski definition) is 12. The van der Waals surface area contributed by atoms with Gasteiger partial charge in [0.25, 0.3) is 5.56 Å². The minimum Gasteiger partial charge on any atom is -0.497 e. The molecule has 3 aromatic heterocycles. The van der Waals surface area contributed by atoms with E-state index in [-0.39, 0.29) is 37.6 Å². The second-order valence-electron chi connectivity index (χ2n) is 15.0. The Hall–Kier alpha value is -6.69. The summed E-state index contributed by atoms with van der Waals surface area (Å²) in [5.74, 6) is 0.761. The van der Waals surface area contributed by atoms with Gasteiger partial charge in [0.15, 0.2) is 11.6 Å². The molecule has 344 valence electrons. The number of nitrogens with zero attached hydrogens (tertiary/aromatic N) is 5. The average molecular weight is 948 g/mol. The van der Waals surface area contributed by atoms with Crippen molar-refractivity contribution in [1.82, 2.24) is 30.2 Å². The number of aryl methyl sites for hydroxylation is 1. The number of pyridine rings is 1. The second-order valence-corrected chi connectivity index (χ2v) is 15.7. The summed E-state index contributed by atoms with van der Waals surface area (Å²) in [4.78, 5) is 35.0. The van der Waals surface area contributed by atoms with Crippen LogP contribution >= 0.6 is 23.2 Å². The number of ether oxygens (including phenoxy) is 4. The summed E-state index contributed by atoms with van der Waals surface area (Å²) in [6.07, 6.45) is -1.94. The van der Waals surface area contributed by atoms with Crippen LogP contribution in [0.4, 0.5) is 29.2 Å². The van der Waals surface area contributed by atoms with E-state index in [1.54, 1.807) is 48.7 Å². The van der Waals surface area contributed by atoms with Gasteiger partial charge in [-0.25, -0.2) is 19.3 Å². The van der Waals surface area contributed by atoms with Gasteiger partial charge >= 0.3 is 6.18 Å². The predicted molar refractivity (Wildman–Crippen MR) is 245 cm³/mol. The van der Waals surface area contributed by atoms with Crippen LogP contribution in [0, 0.1) is 12.7 Å². The molecule has 7 aromatic rings. The summed E-state index contributed by atoms with van der Waals surface area (Å²) < 4.78 is 84.7. The molecular weight excluding hydrogens is 903 g/mol. The topological polar surface area (TPSA) is 149 Å². The molecule has 0 aliphatic rings. The van der Waals surface area contributed by atoms with Crippen molar-refractivity contribution in [2.75, 3.05) is 44.7 Å². The number of rotatable bonds is 18. The normalized spacial score (nSPS) is 11.9. The fourth-order valence-electron chi connectivity index (χ4n) is 7.33. The lowest BCUT2D eigenvalue weighted by Gasteiger charge is -2.27. The summed E-state index contributed by atoms with van der Waals surface area (Å²) in [6.45, 7) is 3.80. The number of fused-ring (bicyclic) bond motifs is 1. The van der Waals surface area contributed by atoms with Crippen molar-refractivity contribution >= 4 is 45.7 Å². The fourth-order valence-corrected chi connectivity index (χ4v) is 7.82. The molecule has 3 N–H and O–H groups in total. The van der Waals surface area contributed by atoms with Gasteiger partial charge in [-0.3, -0.25) is 14.8 Å². The van der Waals surface area contributed by atoms with E-state index in [0.717, 1.165) is 22.4 Å². The van der Waals surface area contributed by atoms with Gasteiger partial charge in [-0.05, 0) is 90.2 Å². The van der Waals surface area contributed by atoms with Crippen molar-refractivity contribution in [2.45, 2.75) is 45.7 Å². The maximum Gasteiger partial charge on any atom is 0.418 e. The van der Waals surface area contributed by atoms with Crippen LogP contribution in [0.1, 0.15) is 46.5 Å². The van der Waals surface area contributed by atoms with Crippen LogP contribution < -0.4 is 40.0 Å². The number of alkyl halides is 3. The van der Waals surface area contributed by atoms with Crippen LogP contribution in [-0.2, 0) is 25.8 Å². The molecule has 0 spiro atoms. The Morgan fingerprint density at radius 2 is 1.38 bits per heavy atom. The highest BCUT2D eigenvalue weighted by molar-refractivity contribution is 6.36. The third-order valence-corrected chi connectivity index (χ3v) is 11.2. The molecule has 0 saturated carbocycles. The zero-order valence-electron chi connectivity index (χ0n) is 36.3. The van der Waals surface area contributed by atoms with Crippen molar-refractivity contribution in [3.05, 3.63) is 151 Å². The minimum absolute atomic E-state index is 0.0668. The Labute approximate surface area is 387 Å². The first-order valence-corrected chi connectivity index (χ1v) is 21.2. The number of nitrogens with one attached hydrogen (secondary N) is 3. The number of H-pyrrole nitrogens is 1. The molecule has 3 heterocycles. The Morgan fingerprint density at radius 3 is 1.94 bits per heavy atom. The first-order chi connectivity index (χ1) is 31.7. The summed E-state index contributed by atoms with van der Waals surface area (Å²) in [5.41, 5.74) is -1.63. The van der Waals surface area contributed by atoms with E-state index in [0.29, 0.717) is 29.6 Å². The standard InChI is InChI=1S/C47H44Cl2F4N8O5/c1-26-22-34(61(24-29-8-14-32(64-4)15-9-29)25-30-10-16-33(65-5)17-11-30)58-41(37(26)47(51,52)53)35-38(48)43(36-42(39(35)50)59-46(49)60-45(36)62)66-21-20-54-27(2)40-44(56-19-18-55-40)57-23-28-6-12-31(63-3)13-7-28/h6-19,22,27,54H,20-21,23-25H2,1-5H3,(H,56,57)(H,59,60,62)/t27-/m0/s1. The zero-order chi connectivity index (χ0) is 47.1. The number of aromatic nitrogens is 5. The molecule has 0 saturated heterocycles. The summed E-state index contributed by atoms with van der Waals surface area (Å²) in [5, 5.41) is 4.97. The van der Waals surface area contributed by atoms with Gasteiger partial charge in [0.05, 0.1) is 54.9 Å². The summed E-state index contributed by atoms with van der Waals surface area (Å²) in [7, 11) is 4.66. The highest BCUT2D eigenvalue weighted by atomic mass is 35.5. The fraction of sp³-hybridized carbons (Fsp3) is 0.255. The van der Waals surface area contributed by atoms with Gasteiger partial charge in [0, 0.05) is 38.6 Å². The van der Waals surface area contributed by atoms with Gasteiger partial charge in [-0.15, -0.1) is 0 Å². The van der Waals surface area contributed by atoms with Crippen LogP contribution in [0.25, 0.3) is 22.2 Å². The Morgan fingerprint density at radius 1 is 0.818 bits per heavy atom. The van der Waals surface area contributed by atoms with Crippen molar-refractivity contribution in [3.63, 3.8) is 0 Å². The largest absolute Gasteiger partial charge is 0.497 e. The first-order valence-electron chi connectivity index (χ1n) is 20.4. The van der Waals surface area contributed by atoms with Gasteiger partial charge < -0.3 is 34.5 Å². The number of benzene rings is 4. The van der Waals surface area contributed by atoms with Gasteiger partial charge in [0.2, 0.25) is 5.28 Å². The van der Waals surface area contributed by atoms with Gasteiger partial charge in [-0.2, -0.15) is 13.2 Å². The molecule has 0 aliphatic carbocycles. The van der Waals surface area contributed by atoms with Gasteiger partial charge in [0.1, 0.15) is 46.4 Å². The Balaban J connectivity index is 1.24. The lowest BCUT2D eigenvalue weighted by Crippen LogP contribution is -2.26. The number of halogens is 6. The lowest BCUT2D eigenvalue weighted by molar-refractivity contribution is -0.137. The van der Waals surface area contributed by atoms with E-state index >= 15 is 17.6 Å². The maximum atomic E-state index is 17.1. The van der Waals surface area contributed by atoms with Crippen molar-refractivity contribution in [2.24, 2.45) is 0 Å². The van der Waals surface area contributed by atoms with Crippen LogP contribution in [0.5, 0.6) is 23.0 Å². The van der Waals surface area contributed by atoms with Crippen LogP contribution in [0.15, 0.2) is 96.1 Å². The number of anilines is 2. The van der Waals surface area contributed by atoms with Crippen molar-refractivity contribution < 1.29 is 36.5 Å². The van der Waals surface area contributed by atoms with Crippen LogP contribution in [0.2, 0.25) is 10.3 Å². The molecule has 0 amide bonds. The highest BCUT2D eigenvalue weighted by Crippen LogP contribution is 2.47. The molecule has 4 aromatic carbocycles. The highest BCUT2D eigenvalue weighted by Gasteiger charge is 2.40. The third kappa shape index (κ3) is 10.7. The molecule has 0 unspecified atom stereocenters. The van der Waals surface area contributed by atoms with Crippen molar-refractivity contribution in [1.29, 1.82) is 0 Å². The van der Waals surface area contributed by atoms with E-state index in [1.807, 2.05) is 55.5 Å². The van der Waals surface area contributed by atoms with E-state index < -0.39 is 67.4 Å². The van der Waals surface area contributed by atoms with Crippen molar-refractivity contribution in [3.8, 4) is 34.3 Å². The summed E-state index contributed by atoms with van der Waals surface area (Å²) >= 11 is 13.1.